The number of aliphatic hydroxyl groups excluding tert-OH is 1. The molecule has 0 aromatic rings. The summed E-state index contributed by atoms with van der Waals surface area (Å²) in [6.45, 7) is 8.00. The van der Waals surface area contributed by atoms with Crippen LogP contribution >= 0.6 is 0 Å². The molecular formula is C10H19NO5. The van der Waals surface area contributed by atoms with Crippen molar-refractivity contribution in [1.82, 2.24) is 0 Å². The van der Waals surface area contributed by atoms with Crippen molar-refractivity contribution in [3.05, 3.63) is 12.2 Å². The summed E-state index contributed by atoms with van der Waals surface area (Å²) in [6, 6.07) is 0. The number of hydrogen-bond acceptors (Lipinski definition) is 4. The van der Waals surface area contributed by atoms with Crippen molar-refractivity contribution < 1.29 is 24.5 Å². The topological polar surface area (TPSA) is 110 Å². The summed E-state index contributed by atoms with van der Waals surface area (Å²) in [5.41, 5.74) is 4.89. The number of hydrogen-bond donors (Lipinski definition) is 3. The van der Waals surface area contributed by atoms with Crippen molar-refractivity contribution in [3.8, 4) is 0 Å². The fourth-order valence-electron chi connectivity index (χ4n) is 0.594. The number of ether oxygens (including phenoxy) is 1. The normalized spacial score (nSPS) is 12.8. The van der Waals surface area contributed by atoms with Crippen molar-refractivity contribution in [3.63, 3.8) is 0 Å². The van der Waals surface area contributed by atoms with E-state index in [2.05, 4.69) is 11.3 Å². The van der Waals surface area contributed by atoms with Gasteiger partial charge in [0.25, 0.3) is 0 Å². The van der Waals surface area contributed by atoms with Crippen LogP contribution in [0.5, 0.6) is 0 Å². The van der Waals surface area contributed by atoms with Gasteiger partial charge >= 0.3 is 12.1 Å². The highest BCUT2D eigenvalue weighted by Crippen LogP contribution is 2.01. The van der Waals surface area contributed by atoms with Crippen LogP contribution < -0.4 is 5.73 Å². The highest BCUT2D eigenvalue weighted by Gasteiger charge is 2.14. The van der Waals surface area contributed by atoms with Gasteiger partial charge in [0.15, 0.2) is 0 Å². The minimum atomic E-state index is -0.935. The number of carbonyl (C=O) groups is 2. The maximum atomic E-state index is 10.1. The molecule has 0 rings (SSSR count). The molecule has 0 aliphatic rings. The first kappa shape index (κ1) is 16.9. The SMILES string of the molecule is C=C(C)C(=O)O.CCC(O)C(C)OC(N)=O. The Kier molecular flexibility index (Phi) is 9.19. The molecule has 0 saturated heterocycles. The molecule has 0 heterocycles. The van der Waals surface area contributed by atoms with Gasteiger partial charge in [-0.1, -0.05) is 13.5 Å². The maximum Gasteiger partial charge on any atom is 0.404 e. The molecule has 0 aromatic heterocycles. The van der Waals surface area contributed by atoms with Crippen molar-refractivity contribution in [2.24, 2.45) is 5.73 Å². The lowest BCUT2D eigenvalue weighted by molar-refractivity contribution is -0.132. The Balaban J connectivity index is 0. The van der Waals surface area contributed by atoms with Gasteiger partial charge in [0.2, 0.25) is 0 Å². The van der Waals surface area contributed by atoms with Crippen molar-refractivity contribution in [1.29, 1.82) is 0 Å². The first-order chi connectivity index (χ1) is 7.22. The van der Waals surface area contributed by atoms with Crippen LogP contribution in [0.4, 0.5) is 4.79 Å². The summed E-state index contributed by atoms with van der Waals surface area (Å²) in [5.74, 6) is -0.935. The van der Waals surface area contributed by atoms with E-state index in [4.69, 9.17) is 15.9 Å². The minimum absolute atomic E-state index is 0.176. The lowest BCUT2D eigenvalue weighted by Crippen LogP contribution is -2.30. The van der Waals surface area contributed by atoms with E-state index in [9.17, 15) is 9.59 Å². The van der Waals surface area contributed by atoms with Crippen LogP contribution in [-0.2, 0) is 9.53 Å². The number of nitrogens with two attached hydrogens (primary N) is 1. The second-order valence-electron chi connectivity index (χ2n) is 3.20. The van der Waals surface area contributed by atoms with Gasteiger partial charge in [0, 0.05) is 5.57 Å². The predicted octanol–water partition coefficient (Wildman–Crippen LogP) is 0.888. The lowest BCUT2D eigenvalue weighted by atomic mass is 10.2. The molecule has 4 N–H and O–H groups in total. The van der Waals surface area contributed by atoms with Gasteiger partial charge in [-0.3, -0.25) is 0 Å². The van der Waals surface area contributed by atoms with Gasteiger partial charge < -0.3 is 20.7 Å². The third-order valence-corrected chi connectivity index (χ3v) is 1.63. The van der Waals surface area contributed by atoms with Crippen LogP contribution in [0.15, 0.2) is 12.2 Å². The molecule has 0 aliphatic carbocycles. The molecule has 1 amide bonds. The van der Waals surface area contributed by atoms with Crippen LogP contribution in [-0.4, -0.2) is 34.5 Å². The molecule has 0 saturated carbocycles. The molecule has 0 spiro atoms. The summed E-state index contributed by atoms with van der Waals surface area (Å²) in [4.78, 5) is 19.7. The van der Waals surface area contributed by atoms with Crippen molar-refractivity contribution >= 4 is 12.1 Å². The van der Waals surface area contributed by atoms with Crippen LogP contribution in [0, 0.1) is 0 Å². The summed E-state index contributed by atoms with van der Waals surface area (Å²) in [7, 11) is 0. The van der Waals surface area contributed by atoms with Gasteiger partial charge in [-0.25, -0.2) is 9.59 Å². The van der Waals surface area contributed by atoms with Gasteiger partial charge in [-0.05, 0) is 20.3 Å². The highest BCUT2D eigenvalue weighted by atomic mass is 16.6. The number of carboxylic acids is 1. The zero-order chi connectivity index (χ0) is 13.3. The fourth-order valence-corrected chi connectivity index (χ4v) is 0.594. The summed E-state index contributed by atoms with van der Waals surface area (Å²) in [5, 5.41) is 16.9. The molecule has 0 aliphatic heterocycles. The minimum Gasteiger partial charge on any atom is -0.478 e. The van der Waals surface area contributed by atoms with Crippen LogP contribution in [0.3, 0.4) is 0 Å². The number of carbonyl (C=O) groups excluding carboxylic acids is 1. The van der Waals surface area contributed by atoms with E-state index in [0.29, 0.717) is 6.42 Å². The molecule has 0 aromatic carbocycles. The molecule has 2 unspecified atom stereocenters. The highest BCUT2D eigenvalue weighted by molar-refractivity contribution is 5.84. The van der Waals surface area contributed by atoms with E-state index >= 15 is 0 Å². The van der Waals surface area contributed by atoms with Crippen LogP contribution in [0.25, 0.3) is 0 Å². The molecular weight excluding hydrogens is 214 g/mol. The molecule has 6 heteroatoms. The number of rotatable bonds is 4. The molecule has 0 bridgehead atoms. The number of amides is 1. The Morgan fingerprint density at radius 2 is 1.88 bits per heavy atom. The fraction of sp³-hybridized carbons (Fsp3) is 0.600. The average molecular weight is 233 g/mol. The van der Waals surface area contributed by atoms with Crippen LogP contribution in [0.1, 0.15) is 27.2 Å². The Labute approximate surface area is 94.7 Å². The van der Waals surface area contributed by atoms with E-state index in [1.54, 1.807) is 13.8 Å². The summed E-state index contributed by atoms with van der Waals surface area (Å²) < 4.78 is 4.49. The summed E-state index contributed by atoms with van der Waals surface area (Å²) in [6.07, 6.45) is -1.43. The molecule has 6 nitrogen and oxygen atoms in total. The van der Waals surface area contributed by atoms with E-state index in [-0.39, 0.29) is 5.57 Å². The second-order valence-corrected chi connectivity index (χ2v) is 3.20. The van der Waals surface area contributed by atoms with Crippen molar-refractivity contribution in [2.75, 3.05) is 0 Å². The van der Waals surface area contributed by atoms with Gasteiger partial charge in [0.05, 0.1) is 6.10 Å². The van der Waals surface area contributed by atoms with Gasteiger partial charge in [-0.15, -0.1) is 0 Å². The third kappa shape index (κ3) is 10.5. The van der Waals surface area contributed by atoms with E-state index in [1.165, 1.54) is 6.92 Å². The smallest absolute Gasteiger partial charge is 0.404 e. The maximum absolute atomic E-state index is 10.1. The largest absolute Gasteiger partial charge is 0.478 e. The van der Waals surface area contributed by atoms with Crippen LogP contribution in [0.2, 0.25) is 0 Å². The Bertz CT molecular complexity index is 240. The molecule has 16 heavy (non-hydrogen) atoms. The Hall–Kier alpha value is -1.56. The quantitative estimate of drug-likeness (QED) is 0.624. The zero-order valence-electron chi connectivity index (χ0n) is 9.77. The van der Waals surface area contributed by atoms with Gasteiger partial charge in [-0.2, -0.15) is 0 Å². The average Bonchev–Trinajstić information content (AvgIpc) is 2.16. The lowest BCUT2D eigenvalue weighted by Gasteiger charge is -2.15. The Morgan fingerprint density at radius 1 is 1.50 bits per heavy atom. The molecule has 94 valence electrons. The monoisotopic (exact) mass is 233 g/mol. The first-order valence-electron chi connectivity index (χ1n) is 4.75. The Morgan fingerprint density at radius 3 is 2.06 bits per heavy atom. The van der Waals surface area contributed by atoms with Crippen molar-refractivity contribution in [2.45, 2.75) is 39.4 Å². The summed E-state index contributed by atoms with van der Waals surface area (Å²) >= 11 is 0. The predicted molar refractivity (Wildman–Crippen MR) is 58.9 cm³/mol. The van der Waals surface area contributed by atoms with E-state index < -0.39 is 24.3 Å². The molecule has 2 atom stereocenters. The molecule has 0 fully saturated rings. The standard InChI is InChI=1S/C6H13NO3.C4H6O2/c1-3-5(8)4(2)10-6(7)9;1-3(2)4(5)6/h4-5,8H,3H2,1-2H3,(H2,7,9);1H2,2H3,(H,5,6). The van der Waals surface area contributed by atoms with E-state index in [1.807, 2.05) is 0 Å². The number of aliphatic hydroxyl groups is 1. The first-order valence-corrected chi connectivity index (χ1v) is 4.75. The number of carboxylic acid groups (broad SMARTS) is 1. The van der Waals surface area contributed by atoms with E-state index in [0.717, 1.165) is 0 Å². The number of aliphatic carboxylic acids is 1. The second kappa shape index (κ2) is 8.72. The zero-order valence-corrected chi connectivity index (χ0v) is 9.77. The number of primary amides is 1. The van der Waals surface area contributed by atoms with Gasteiger partial charge in [0.1, 0.15) is 6.10 Å². The molecule has 0 radical (unpaired) electrons. The third-order valence-electron chi connectivity index (χ3n) is 1.63.